The van der Waals surface area contributed by atoms with Gasteiger partial charge in [0, 0.05) is 0 Å². The smallest absolute Gasteiger partial charge is 0.432 e. The van der Waals surface area contributed by atoms with Crippen molar-refractivity contribution >= 4 is 6.16 Å². The Morgan fingerprint density at radius 3 is 2.73 bits per heavy atom. The molecule has 0 saturated heterocycles. The Kier molecular flexibility index (Phi) is 5.50. The van der Waals surface area contributed by atoms with E-state index in [1.807, 2.05) is 6.92 Å². The molecule has 0 radical (unpaired) electrons. The van der Waals surface area contributed by atoms with Crippen molar-refractivity contribution in [2.75, 3.05) is 6.61 Å². The first-order chi connectivity index (χ1) is 5.16. The van der Waals surface area contributed by atoms with Crippen LogP contribution in [0.25, 0.3) is 0 Å². The molecule has 0 saturated carbocycles. The Balaban J connectivity index is 3.23. The molecule has 0 aliphatic carbocycles. The molecule has 0 spiro atoms. The lowest BCUT2D eigenvalue weighted by Gasteiger charge is -2.04. The highest BCUT2D eigenvalue weighted by atomic mass is 17.2. The van der Waals surface area contributed by atoms with Gasteiger partial charge in [-0.15, -0.1) is 0 Å². The first kappa shape index (κ1) is 10.2. The fourth-order valence-electron chi connectivity index (χ4n) is 0.318. The molecule has 0 aromatic heterocycles. The van der Waals surface area contributed by atoms with Crippen LogP contribution in [0.3, 0.4) is 0 Å². The van der Waals surface area contributed by atoms with E-state index in [9.17, 15) is 4.79 Å². The maximum atomic E-state index is 10.4. The molecule has 0 aliphatic heterocycles. The van der Waals surface area contributed by atoms with Gasteiger partial charge in [0.25, 0.3) is 0 Å². The number of hydrogen-bond acceptors (Lipinski definition) is 5. The summed E-state index contributed by atoms with van der Waals surface area (Å²) in [7, 11) is 0. The van der Waals surface area contributed by atoms with Crippen molar-refractivity contribution in [3.8, 4) is 0 Å². The number of carbonyl (C=O) groups is 1. The van der Waals surface area contributed by atoms with Crippen molar-refractivity contribution < 1.29 is 24.4 Å². The predicted octanol–water partition coefficient (Wildman–Crippen LogP) is 0.819. The van der Waals surface area contributed by atoms with E-state index in [2.05, 4.69) is 14.5 Å². The van der Waals surface area contributed by atoms with Gasteiger partial charge in [-0.3, -0.25) is 4.89 Å². The zero-order valence-electron chi connectivity index (χ0n) is 6.57. The van der Waals surface area contributed by atoms with E-state index in [1.165, 1.54) is 6.92 Å². The summed E-state index contributed by atoms with van der Waals surface area (Å²) in [6.07, 6.45) is -1.36. The van der Waals surface area contributed by atoms with Crippen LogP contribution in [-0.4, -0.2) is 24.2 Å². The molecule has 5 nitrogen and oxygen atoms in total. The number of aliphatic hydroxyl groups is 1. The van der Waals surface area contributed by atoms with Gasteiger partial charge in [-0.2, -0.15) is 4.89 Å². The lowest BCUT2D eigenvalue weighted by atomic mass is 10.5. The van der Waals surface area contributed by atoms with Crippen LogP contribution in [0.5, 0.6) is 0 Å². The van der Waals surface area contributed by atoms with Gasteiger partial charge in [0.2, 0.25) is 0 Å². The zero-order valence-corrected chi connectivity index (χ0v) is 6.57. The highest BCUT2D eigenvalue weighted by Crippen LogP contribution is 1.91. The Hall–Kier alpha value is -0.810. The van der Waals surface area contributed by atoms with Crippen LogP contribution in [0.1, 0.15) is 20.3 Å². The van der Waals surface area contributed by atoms with Gasteiger partial charge in [0.1, 0.15) is 0 Å². The third kappa shape index (κ3) is 7.08. The SMILES string of the molecule is CCCOC(=O)OOC(C)O. The molecule has 5 heteroatoms. The van der Waals surface area contributed by atoms with Crippen LogP contribution in [0.15, 0.2) is 0 Å². The normalized spacial score (nSPS) is 12.3. The lowest BCUT2D eigenvalue weighted by molar-refractivity contribution is -0.330. The van der Waals surface area contributed by atoms with Gasteiger partial charge < -0.3 is 9.84 Å². The first-order valence-corrected chi connectivity index (χ1v) is 3.35. The van der Waals surface area contributed by atoms with Crippen LogP contribution in [0, 0.1) is 0 Å². The highest BCUT2D eigenvalue weighted by molar-refractivity contribution is 5.58. The van der Waals surface area contributed by atoms with Gasteiger partial charge in [0.05, 0.1) is 6.61 Å². The number of rotatable bonds is 4. The molecule has 0 aromatic carbocycles. The Morgan fingerprint density at radius 1 is 1.64 bits per heavy atom. The molecule has 0 aromatic rings. The molecule has 66 valence electrons. The van der Waals surface area contributed by atoms with Crippen molar-refractivity contribution in [2.45, 2.75) is 26.6 Å². The number of aliphatic hydroxyl groups excluding tert-OH is 1. The summed E-state index contributed by atoms with van der Waals surface area (Å²) >= 11 is 0. The van der Waals surface area contributed by atoms with Crippen molar-refractivity contribution in [1.82, 2.24) is 0 Å². The Bertz CT molecular complexity index is 112. The predicted molar refractivity (Wildman–Crippen MR) is 35.5 cm³/mol. The second-order valence-corrected chi connectivity index (χ2v) is 1.88. The number of ether oxygens (including phenoxy) is 1. The van der Waals surface area contributed by atoms with E-state index in [0.717, 1.165) is 0 Å². The van der Waals surface area contributed by atoms with Crippen molar-refractivity contribution in [3.05, 3.63) is 0 Å². The summed E-state index contributed by atoms with van der Waals surface area (Å²) in [5.41, 5.74) is 0. The van der Waals surface area contributed by atoms with Crippen LogP contribution < -0.4 is 0 Å². The summed E-state index contributed by atoms with van der Waals surface area (Å²) in [6, 6.07) is 0. The highest BCUT2D eigenvalue weighted by Gasteiger charge is 2.05. The molecule has 0 fully saturated rings. The van der Waals surface area contributed by atoms with Gasteiger partial charge in [-0.05, 0) is 13.3 Å². The summed E-state index contributed by atoms with van der Waals surface area (Å²) < 4.78 is 4.44. The number of carbonyl (C=O) groups excluding carboxylic acids is 1. The molecular weight excluding hydrogens is 152 g/mol. The van der Waals surface area contributed by atoms with E-state index < -0.39 is 12.4 Å². The Morgan fingerprint density at radius 2 is 2.27 bits per heavy atom. The van der Waals surface area contributed by atoms with Crippen molar-refractivity contribution in [3.63, 3.8) is 0 Å². The summed E-state index contributed by atoms with van der Waals surface area (Å²) in [4.78, 5) is 18.5. The van der Waals surface area contributed by atoms with E-state index in [-0.39, 0.29) is 6.61 Å². The van der Waals surface area contributed by atoms with E-state index in [4.69, 9.17) is 5.11 Å². The van der Waals surface area contributed by atoms with Crippen LogP contribution >= 0.6 is 0 Å². The second kappa shape index (κ2) is 5.94. The van der Waals surface area contributed by atoms with Crippen molar-refractivity contribution in [2.24, 2.45) is 0 Å². The largest absolute Gasteiger partial charge is 0.540 e. The zero-order chi connectivity index (χ0) is 8.69. The molecule has 0 aliphatic rings. The maximum absolute atomic E-state index is 10.4. The second-order valence-electron chi connectivity index (χ2n) is 1.88. The molecule has 1 unspecified atom stereocenters. The fraction of sp³-hybridized carbons (Fsp3) is 0.833. The summed E-state index contributed by atoms with van der Waals surface area (Å²) in [5, 5.41) is 8.47. The van der Waals surface area contributed by atoms with E-state index in [0.29, 0.717) is 6.42 Å². The van der Waals surface area contributed by atoms with E-state index in [1.54, 1.807) is 0 Å². The maximum Gasteiger partial charge on any atom is 0.540 e. The summed E-state index contributed by atoms with van der Waals surface area (Å²) in [6.45, 7) is 3.44. The first-order valence-electron chi connectivity index (χ1n) is 3.35. The Labute approximate surface area is 64.8 Å². The molecule has 0 bridgehead atoms. The third-order valence-corrected chi connectivity index (χ3v) is 0.679. The van der Waals surface area contributed by atoms with Gasteiger partial charge in [-0.25, -0.2) is 4.79 Å². The molecular formula is C6H12O5. The van der Waals surface area contributed by atoms with Crippen molar-refractivity contribution in [1.29, 1.82) is 0 Å². The monoisotopic (exact) mass is 164 g/mol. The minimum absolute atomic E-state index is 0.280. The van der Waals surface area contributed by atoms with Gasteiger partial charge in [0.15, 0.2) is 6.29 Å². The topological polar surface area (TPSA) is 65.0 Å². The fourth-order valence-corrected chi connectivity index (χ4v) is 0.318. The molecule has 0 heterocycles. The van der Waals surface area contributed by atoms with Gasteiger partial charge >= 0.3 is 6.16 Å². The molecule has 0 rings (SSSR count). The summed E-state index contributed by atoms with van der Waals surface area (Å²) in [5.74, 6) is 0. The minimum Gasteiger partial charge on any atom is -0.432 e. The minimum atomic E-state index is -1.14. The molecule has 1 atom stereocenters. The standard InChI is InChI=1S/C6H12O5/c1-3-4-9-6(8)11-10-5(2)7/h5,7H,3-4H2,1-2H3. The quantitative estimate of drug-likeness (QED) is 0.288. The average molecular weight is 164 g/mol. The van der Waals surface area contributed by atoms with Gasteiger partial charge in [-0.1, -0.05) is 6.92 Å². The third-order valence-electron chi connectivity index (χ3n) is 0.679. The molecule has 0 amide bonds. The van der Waals surface area contributed by atoms with Crippen LogP contribution in [0.4, 0.5) is 4.79 Å². The van der Waals surface area contributed by atoms with E-state index >= 15 is 0 Å². The number of hydrogen-bond donors (Lipinski definition) is 1. The van der Waals surface area contributed by atoms with Crippen LogP contribution in [-0.2, 0) is 14.5 Å². The average Bonchev–Trinajstić information content (AvgIpc) is 1.97. The molecule has 11 heavy (non-hydrogen) atoms. The lowest BCUT2D eigenvalue weighted by Crippen LogP contribution is -2.13. The molecule has 1 N–H and O–H groups in total. The van der Waals surface area contributed by atoms with Crippen LogP contribution in [0.2, 0.25) is 0 Å².